The quantitative estimate of drug-likeness (QED) is 0.196. The summed E-state index contributed by atoms with van der Waals surface area (Å²) in [6.07, 6.45) is 2.22. The molecule has 6 aromatic rings. The van der Waals surface area contributed by atoms with Crippen molar-refractivity contribution in [3.05, 3.63) is 114 Å². The third-order valence-electron chi connectivity index (χ3n) is 7.75. The average Bonchev–Trinajstić information content (AvgIpc) is 3.63. The zero-order valence-electron chi connectivity index (χ0n) is 22.9. The molecule has 1 fully saturated rings. The molecule has 0 bridgehead atoms. The minimum absolute atomic E-state index is 0.00245. The lowest BCUT2D eigenvalue weighted by Gasteiger charge is -2.34. The number of nitrogens with zero attached hydrogens (tertiary/aromatic N) is 4. The lowest BCUT2D eigenvalue weighted by molar-refractivity contribution is -0.135. The summed E-state index contributed by atoms with van der Waals surface area (Å²) in [4.78, 5) is 23.5. The molecule has 210 valence electrons. The highest BCUT2D eigenvalue weighted by Gasteiger charge is 2.24. The predicted octanol–water partition coefficient (Wildman–Crippen LogP) is 7.26. The first kappa shape index (κ1) is 26.7. The van der Waals surface area contributed by atoms with E-state index in [1.54, 1.807) is 24.3 Å². The van der Waals surface area contributed by atoms with Crippen molar-refractivity contribution in [2.45, 2.75) is 6.54 Å². The molecular weight excluding hydrogens is 564 g/mol. The van der Waals surface area contributed by atoms with Crippen molar-refractivity contribution in [1.29, 1.82) is 0 Å². The fourth-order valence-corrected chi connectivity index (χ4v) is 6.65. The molecule has 6 nitrogen and oxygen atoms in total. The van der Waals surface area contributed by atoms with Gasteiger partial charge in [0.05, 0.1) is 11.4 Å². The van der Waals surface area contributed by atoms with E-state index >= 15 is 0 Å². The second kappa shape index (κ2) is 11.6. The number of aromatic nitrogens is 2. The van der Waals surface area contributed by atoms with Gasteiger partial charge >= 0.3 is 0 Å². The molecule has 4 heterocycles. The number of fused-ring (bicyclic) bond motifs is 2. The number of hydrogen-bond acceptors (Lipinski definition) is 5. The van der Waals surface area contributed by atoms with Gasteiger partial charge in [0.15, 0.2) is 6.61 Å². The third kappa shape index (κ3) is 5.51. The molecular formula is C34H29ClN4O2S. The molecule has 7 rings (SSSR count). The first-order valence-electron chi connectivity index (χ1n) is 14.0. The van der Waals surface area contributed by atoms with Crippen molar-refractivity contribution in [2.75, 3.05) is 32.8 Å². The summed E-state index contributed by atoms with van der Waals surface area (Å²) in [5.41, 5.74) is 5.37. The zero-order valence-corrected chi connectivity index (χ0v) is 24.5. The summed E-state index contributed by atoms with van der Waals surface area (Å²) in [7, 11) is 0. The number of piperazine rings is 1. The second-order valence-corrected chi connectivity index (χ2v) is 12.0. The molecule has 1 aliphatic rings. The molecule has 3 aromatic heterocycles. The fraction of sp³-hybridized carbons (Fsp3) is 0.176. The van der Waals surface area contributed by atoms with Crippen LogP contribution in [-0.2, 0) is 11.3 Å². The Balaban J connectivity index is 1.11. The van der Waals surface area contributed by atoms with Crippen LogP contribution < -0.4 is 4.74 Å². The summed E-state index contributed by atoms with van der Waals surface area (Å²) >= 11 is 7.76. The number of amides is 1. The Morgan fingerprint density at radius 2 is 1.62 bits per heavy atom. The van der Waals surface area contributed by atoms with E-state index in [9.17, 15) is 4.79 Å². The molecule has 8 heteroatoms. The molecule has 1 saturated heterocycles. The second-order valence-electron chi connectivity index (χ2n) is 10.5. The molecule has 0 unspecified atom stereocenters. The van der Waals surface area contributed by atoms with E-state index < -0.39 is 0 Å². The van der Waals surface area contributed by atoms with Crippen LogP contribution in [0.15, 0.2) is 103 Å². The van der Waals surface area contributed by atoms with Crippen LogP contribution in [0.25, 0.3) is 37.4 Å². The lowest BCUT2D eigenvalue weighted by atomic mass is 10.1. The normalized spacial score (nSPS) is 14.1. The van der Waals surface area contributed by atoms with Gasteiger partial charge in [-0.05, 0) is 53.9 Å². The summed E-state index contributed by atoms with van der Waals surface area (Å²) in [6, 6.07) is 32.5. The third-order valence-corrected chi connectivity index (χ3v) is 9.17. The van der Waals surface area contributed by atoms with E-state index in [4.69, 9.17) is 21.3 Å². The van der Waals surface area contributed by atoms with Gasteiger partial charge in [0.25, 0.3) is 5.91 Å². The SMILES string of the molecule is O=C(COc1ccc(Cl)cc1)N1CCN(Cc2c(-c3ccccc3)nc3ccc(-c4cc5ccccc5s4)cn23)CC1. The molecule has 42 heavy (non-hydrogen) atoms. The van der Waals surface area contributed by atoms with Crippen LogP contribution in [-0.4, -0.2) is 57.9 Å². The number of ether oxygens (including phenoxy) is 1. The number of imidazole rings is 1. The van der Waals surface area contributed by atoms with Gasteiger partial charge < -0.3 is 14.0 Å². The number of thiophene rings is 1. The van der Waals surface area contributed by atoms with Crippen LogP contribution in [0.2, 0.25) is 5.02 Å². The van der Waals surface area contributed by atoms with E-state index in [-0.39, 0.29) is 12.5 Å². The first-order chi connectivity index (χ1) is 20.6. The van der Waals surface area contributed by atoms with Crippen LogP contribution >= 0.6 is 22.9 Å². The van der Waals surface area contributed by atoms with E-state index in [0.29, 0.717) is 23.9 Å². The van der Waals surface area contributed by atoms with E-state index in [1.165, 1.54) is 20.5 Å². The van der Waals surface area contributed by atoms with E-state index in [0.717, 1.165) is 42.2 Å². The molecule has 0 radical (unpaired) electrons. The predicted molar refractivity (Wildman–Crippen MR) is 170 cm³/mol. The van der Waals surface area contributed by atoms with Crippen LogP contribution in [0, 0.1) is 0 Å². The maximum Gasteiger partial charge on any atom is 0.260 e. The number of carbonyl (C=O) groups excluding carboxylic acids is 1. The van der Waals surface area contributed by atoms with Crippen LogP contribution in [0.3, 0.4) is 0 Å². The van der Waals surface area contributed by atoms with Crippen LogP contribution in [0.4, 0.5) is 0 Å². The molecule has 0 aliphatic carbocycles. The Morgan fingerprint density at radius 3 is 2.40 bits per heavy atom. The molecule has 0 atom stereocenters. The smallest absolute Gasteiger partial charge is 0.260 e. The molecule has 0 N–H and O–H groups in total. The molecule has 0 saturated carbocycles. The van der Waals surface area contributed by atoms with Crippen molar-refractivity contribution in [2.24, 2.45) is 0 Å². The summed E-state index contributed by atoms with van der Waals surface area (Å²) in [6.45, 7) is 3.65. The van der Waals surface area contributed by atoms with Crippen molar-refractivity contribution in [3.63, 3.8) is 0 Å². The summed E-state index contributed by atoms with van der Waals surface area (Å²) in [5.74, 6) is 0.639. The molecule has 0 spiro atoms. The number of pyridine rings is 1. The highest BCUT2D eigenvalue weighted by molar-refractivity contribution is 7.22. The number of benzene rings is 3. The monoisotopic (exact) mass is 592 g/mol. The molecule has 3 aromatic carbocycles. The maximum atomic E-state index is 12.9. The van der Waals surface area contributed by atoms with Gasteiger partial charge in [-0.25, -0.2) is 4.98 Å². The zero-order chi connectivity index (χ0) is 28.5. The van der Waals surface area contributed by atoms with Gasteiger partial charge in [-0.1, -0.05) is 60.1 Å². The Morgan fingerprint density at radius 1 is 0.857 bits per heavy atom. The minimum Gasteiger partial charge on any atom is -0.484 e. The van der Waals surface area contributed by atoms with Gasteiger partial charge in [0.1, 0.15) is 11.4 Å². The van der Waals surface area contributed by atoms with Crippen LogP contribution in [0.1, 0.15) is 5.69 Å². The number of carbonyl (C=O) groups is 1. The Bertz CT molecular complexity index is 1830. The standard InChI is InChI=1S/C34H29ClN4O2S/c35-27-11-13-28(14-12-27)41-23-33(40)38-18-16-37(17-19-38)22-29-34(24-6-2-1-3-7-24)36-32-15-10-26(21-39(29)32)31-20-25-8-4-5-9-30(25)42-31/h1-15,20-21H,16-19,22-23H2. The van der Waals surface area contributed by atoms with Crippen molar-refractivity contribution >= 4 is 44.6 Å². The Kier molecular flexibility index (Phi) is 7.38. The number of halogens is 1. The van der Waals surface area contributed by atoms with Crippen molar-refractivity contribution in [3.8, 4) is 27.4 Å². The van der Waals surface area contributed by atoms with Gasteiger partial charge in [0.2, 0.25) is 0 Å². The first-order valence-corrected chi connectivity index (χ1v) is 15.2. The van der Waals surface area contributed by atoms with E-state index in [2.05, 4.69) is 82.2 Å². The average molecular weight is 593 g/mol. The highest BCUT2D eigenvalue weighted by atomic mass is 35.5. The van der Waals surface area contributed by atoms with E-state index in [1.807, 2.05) is 22.3 Å². The van der Waals surface area contributed by atoms with Crippen molar-refractivity contribution < 1.29 is 9.53 Å². The number of rotatable bonds is 7. The van der Waals surface area contributed by atoms with Gasteiger partial charge in [0, 0.05) is 64.6 Å². The Hall–Kier alpha value is -4.17. The highest BCUT2D eigenvalue weighted by Crippen LogP contribution is 2.35. The topological polar surface area (TPSA) is 50.1 Å². The van der Waals surface area contributed by atoms with Gasteiger partial charge in [-0.3, -0.25) is 9.69 Å². The van der Waals surface area contributed by atoms with Gasteiger partial charge in [-0.15, -0.1) is 11.3 Å². The van der Waals surface area contributed by atoms with Crippen molar-refractivity contribution in [1.82, 2.24) is 19.2 Å². The minimum atomic E-state index is -0.00245. The fourth-order valence-electron chi connectivity index (χ4n) is 5.48. The van der Waals surface area contributed by atoms with Crippen LogP contribution in [0.5, 0.6) is 5.75 Å². The Labute approximate surface area is 253 Å². The lowest BCUT2D eigenvalue weighted by Crippen LogP contribution is -2.49. The number of hydrogen-bond donors (Lipinski definition) is 0. The largest absolute Gasteiger partial charge is 0.484 e. The van der Waals surface area contributed by atoms with Gasteiger partial charge in [-0.2, -0.15) is 0 Å². The molecule has 1 aliphatic heterocycles. The summed E-state index contributed by atoms with van der Waals surface area (Å²) < 4.78 is 9.23. The summed E-state index contributed by atoms with van der Waals surface area (Å²) in [5, 5.41) is 1.90. The maximum absolute atomic E-state index is 12.9. The molecule has 1 amide bonds.